The van der Waals surface area contributed by atoms with Crippen molar-refractivity contribution in [2.45, 2.75) is 5.75 Å². The van der Waals surface area contributed by atoms with E-state index in [2.05, 4.69) is 22.6 Å². The molecular weight excluding hydrogens is 292 g/mol. The Morgan fingerprint density at radius 3 is 2.55 bits per heavy atom. The molecule has 0 spiro atoms. The van der Waals surface area contributed by atoms with E-state index in [1.54, 1.807) is 6.07 Å². The summed E-state index contributed by atoms with van der Waals surface area (Å²) in [7, 11) is 0. The lowest BCUT2D eigenvalue weighted by Crippen LogP contribution is -3.00. The fraction of sp³-hybridized carbons (Fsp3) is 0.0667. The number of carbonyl (C=O) groups excluding carboxylic acids is 1. The second-order valence-electron chi connectivity index (χ2n) is 4.27. The number of hydrogen-bond acceptors (Lipinski definition) is 3. The number of aromatic nitrogens is 2. The van der Waals surface area contributed by atoms with Crippen molar-refractivity contribution in [3.8, 4) is 0 Å². The maximum atomic E-state index is 12.3. The zero-order valence-corrected chi connectivity index (χ0v) is 12.2. The van der Waals surface area contributed by atoms with Gasteiger partial charge in [0, 0.05) is 16.9 Å². The largest absolute Gasteiger partial charge is 1.00 e. The van der Waals surface area contributed by atoms with E-state index in [1.807, 2.05) is 42.5 Å². The minimum atomic E-state index is 0. The zero-order valence-electron chi connectivity index (χ0n) is 10.5. The summed E-state index contributed by atoms with van der Waals surface area (Å²) in [5.74, 6) is 1.38. The van der Waals surface area contributed by atoms with Crippen molar-refractivity contribution < 1.29 is 17.2 Å². The number of nitrogens with one attached hydrogen (secondary N) is 1. The lowest BCUT2D eigenvalue weighted by molar-refractivity contribution is -0.0000111. The highest BCUT2D eigenvalue weighted by atomic mass is 35.5. The third-order valence-corrected chi connectivity index (χ3v) is 3.28. The summed E-state index contributed by atoms with van der Waals surface area (Å²) in [4.78, 5) is 19.8. The fourth-order valence-electron chi connectivity index (χ4n) is 2.03. The second-order valence-corrected chi connectivity index (χ2v) is 4.58. The molecule has 3 aromatic rings. The quantitative estimate of drug-likeness (QED) is 0.537. The highest BCUT2D eigenvalue weighted by Crippen LogP contribution is 2.17. The smallest absolute Gasteiger partial charge is 0.193 e. The molecule has 0 aliphatic heterocycles. The lowest BCUT2D eigenvalue weighted by atomic mass is 10.0. The van der Waals surface area contributed by atoms with Gasteiger partial charge in [-0.3, -0.25) is 4.79 Å². The Morgan fingerprint density at radius 2 is 1.85 bits per heavy atom. The number of H-pyrrole nitrogens is 1. The predicted octanol–water partition coefficient (Wildman–Crippen LogP) is 0.228. The molecule has 0 amide bonds. The van der Waals surface area contributed by atoms with E-state index in [0.29, 0.717) is 16.9 Å². The molecule has 1 heterocycles. The first-order valence-corrected chi connectivity index (χ1v) is 6.60. The summed E-state index contributed by atoms with van der Waals surface area (Å²) < 4.78 is 0. The summed E-state index contributed by atoms with van der Waals surface area (Å²) in [6.07, 6.45) is 0. The molecule has 0 aliphatic rings. The van der Waals surface area contributed by atoms with Crippen LogP contribution in [0, 0.1) is 0 Å². The lowest BCUT2D eigenvalue weighted by Gasteiger charge is -2.00. The predicted molar refractivity (Wildman–Crippen MR) is 78.7 cm³/mol. The molecule has 102 valence electrons. The van der Waals surface area contributed by atoms with Gasteiger partial charge in [-0.05, 0) is 18.2 Å². The number of nitrogens with zero attached hydrogens (tertiary/aromatic N) is 1. The van der Waals surface area contributed by atoms with Gasteiger partial charge in [-0.15, -0.1) is 0 Å². The molecule has 0 saturated carbocycles. The van der Waals surface area contributed by atoms with E-state index < -0.39 is 0 Å². The highest BCUT2D eigenvalue weighted by Gasteiger charge is 2.10. The number of hydrogen-bond donors (Lipinski definition) is 2. The number of ketones is 1. The van der Waals surface area contributed by atoms with Crippen molar-refractivity contribution in [2.75, 3.05) is 0 Å². The van der Waals surface area contributed by atoms with Gasteiger partial charge in [-0.25, -0.2) is 4.98 Å². The highest BCUT2D eigenvalue weighted by molar-refractivity contribution is 7.79. The standard InChI is InChI=1S/C15H12N2OS.ClH/c18-15(10-4-2-1-3-5-10)11-6-7-12-13(8-11)17-14(9-19)16-12;/h1-8,19H,9H2,(H,16,17);1H/p-1. The maximum absolute atomic E-state index is 12.3. The van der Waals surface area contributed by atoms with Crippen molar-refractivity contribution in [1.29, 1.82) is 0 Å². The number of rotatable bonds is 3. The number of thiol groups is 1. The molecule has 0 fully saturated rings. The van der Waals surface area contributed by atoms with Crippen LogP contribution in [0.2, 0.25) is 0 Å². The van der Waals surface area contributed by atoms with E-state index in [1.165, 1.54) is 0 Å². The first-order valence-electron chi connectivity index (χ1n) is 5.97. The van der Waals surface area contributed by atoms with Crippen LogP contribution in [-0.4, -0.2) is 15.8 Å². The fourth-order valence-corrected chi connectivity index (χ4v) is 2.18. The maximum Gasteiger partial charge on any atom is 0.193 e. The van der Waals surface area contributed by atoms with Crippen LogP contribution in [-0.2, 0) is 5.75 Å². The second kappa shape index (κ2) is 6.11. The summed E-state index contributed by atoms with van der Waals surface area (Å²) in [5.41, 5.74) is 3.07. The van der Waals surface area contributed by atoms with Gasteiger partial charge in [-0.1, -0.05) is 30.3 Å². The Bertz CT molecular complexity index is 740. The summed E-state index contributed by atoms with van der Waals surface area (Å²) >= 11 is 4.18. The molecule has 1 N–H and O–H groups in total. The molecular formula is C15H12ClN2OS-. The molecule has 20 heavy (non-hydrogen) atoms. The molecule has 5 heteroatoms. The van der Waals surface area contributed by atoms with Crippen molar-refractivity contribution in [2.24, 2.45) is 0 Å². The molecule has 0 aliphatic carbocycles. The number of halogens is 1. The number of carbonyl (C=O) groups is 1. The van der Waals surface area contributed by atoms with Crippen molar-refractivity contribution in [3.63, 3.8) is 0 Å². The normalized spacial score (nSPS) is 10.2. The van der Waals surface area contributed by atoms with Gasteiger partial charge in [0.15, 0.2) is 5.78 Å². The Morgan fingerprint density at radius 1 is 1.10 bits per heavy atom. The number of imidazole rings is 1. The van der Waals surface area contributed by atoms with Crippen LogP contribution in [0.25, 0.3) is 11.0 Å². The Balaban J connectivity index is 0.00000147. The molecule has 0 saturated heterocycles. The third kappa shape index (κ3) is 2.71. The van der Waals surface area contributed by atoms with Crippen LogP contribution in [0.4, 0.5) is 0 Å². The van der Waals surface area contributed by atoms with Gasteiger partial charge in [0.1, 0.15) is 5.82 Å². The minimum Gasteiger partial charge on any atom is -1.00 e. The van der Waals surface area contributed by atoms with Crippen molar-refractivity contribution in [1.82, 2.24) is 9.97 Å². The van der Waals surface area contributed by atoms with Gasteiger partial charge >= 0.3 is 0 Å². The van der Waals surface area contributed by atoms with Crippen molar-refractivity contribution >= 4 is 29.4 Å². The van der Waals surface area contributed by atoms with E-state index in [-0.39, 0.29) is 18.2 Å². The topological polar surface area (TPSA) is 45.8 Å². The molecule has 1 aromatic heterocycles. The molecule has 2 aromatic carbocycles. The van der Waals surface area contributed by atoms with Gasteiger partial charge in [-0.2, -0.15) is 12.6 Å². The molecule has 3 nitrogen and oxygen atoms in total. The first-order chi connectivity index (χ1) is 9.28. The summed E-state index contributed by atoms with van der Waals surface area (Å²) in [6, 6.07) is 14.8. The zero-order chi connectivity index (χ0) is 13.2. The number of benzene rings is 2. The van der Waals surface area contributed by atoms with E-state index in [4.69, 9.17) is 0 Å². The molecule has 0 unspecified atom stereocenters. The van der Waals surface area contributed by atoms with E-state index in [9.17, 15) is 4.79 Å². The molecule has 0 radical (unpaired) electrons. The average molecular weight is 304 g/mol. The SMILES string of the molecule is O=C(c1ccccc1)c1ccc2nc(CS)[nH]c2c1.[Cl-]. The van der Waals surface area contributed by atoms with Gasteiger partial charge in [0.05, 0.1) is 11.0 Å². The van der Waals surface area contributed by atoms with Crippen LogP contribution in [0.1, 0.15) is 21.7 Å². The minimum absolute atomic E-state index is 0. The molecule has 3 rings (SSSR count). The van der Waals surface area contributed by atoms with Gasteiger partial charge in [0.2, 0.25) is 0 Å². The monoisotopic (exact) mass is 303 g/mol. The number of aromatic amines is 1. The molecule has 0 atom stereocenters. The van der Waals surface area contributed by atoms with Crippen LogP contribution in [0.5, 0.6) is 0 Å². The Hall–Kier alpha value is -1.78. The van der Waals surface area contributed by atoms with Crippen LogP contribution in [0.3, 0.4) is 0 Å². The molecule has 0 bridgehead atoms. The van der Waals surface area contributed by atoms with Gasteiger partial charge < -0.3 is 17.4 Å². The van der Waals surface area contributed by atoms with Crippen LogP contribution in [0.15, 0.2) is 48.5 Å². The van der Waals surface area contributed by atoms with Gasteiger partial charge in [0.25, 0.3) is 0 Å². The Kier molecular flexibility index (Phi) is 4.47. The first kappa shape index (κ1) is 14.6. The Labute approximate surface area is 128 Å². The van der Waals surface area contributed by atoms with E-state index in [0.717, 1.165) is 16.9 Å². The van der Waals surface area contributed by atoms with Crippen LogP contribution < -0.4 is 12.4 Å². The summed E-state index contributed by atoms with van der Waals surface area (Å²) in [6.45, 7) is 0. The van der Waals surface area contributed by atoms with E-state index >= 15 is 0 Å². The van der Waals surface area contributed by atoms with Crippen molar-refractivity contribution in [3.05, 3.63) is 65.5 Å². The summed E-state index contributed by atoms with van der Waals surface area (Å²) in [5, 5.41) is 0. The third-order valence-electron chi connectivity index (χ3n) is 2.98. The van der Waals surface area contributed by atoms with Crippen LogP contribution >= 0.6 is 12.6 Å². The average Bonchev–Trinajstić information content (AvgIpc) is 2.89. The number of fused-ring (bicyclic) bond motifs is 1.